The summed E-state index contributed by atoms with van der Waals surface area (Å²) in [5.74, 6) is 0.210. The van der Waals surface area contributed by atoms with Crippen molar-refractivity contribution in [3.8, 4) is 0 Å². The van der Waals surface area contributed by atoms with Crippen molar-refractivity contribution in [2.45, 2.75) is 18.9 Å². The van der Waals surface area contributed by atoms with Gasteiger partial charge in [-0.2, -0.15) is 0 Å². The van der Waals surface area contributed by atoms with Gasteiger partial charge in [0.25, 0.3) is 5.69 Å². The van der Waals surface area contributed by atoms with Crippen LogP contribution in [0.5, 0.6) is 0 Å². The van der Waals surface area contributed by atoms with E-state index in [4.69, 9.17) is 5.73 Å². The van der Waals surface area contributed by atoms with Crippen LogP contribution in [0.1, 0.15) is 22.7 Å². The first-order chi connectivity index (χ1) is 10.1. The van der Waals surface area contributed by atoms with E-state index in [1.807, 2.05) is 24.3 Å². The van der Waals surface area contributed by atoms with Gasteiger partial charge in [-0.3, -0.25) is 10.1 Å². The summed E-state index contributed by atoms with van der Waals surface area (Å²) in [6.45, 7) is 0. The molecular formula is C16H15BrN2O2. The van der Waals surface area contributed by atoms with Crippen LogP contribution in [0.3, 0.4) is 0 Å². The fourth-order valence-electron chi connectivity index (χ4n) is 3.07. The largest absolute Gasteiger partial charge is 0.324 e. The van der Waals surface area contributed by atoms with E-state index in [9.17, 15) is 10.1 Å². The molecule has 0 fully saturated rings. The molecule has 0 radical (unpaired) electrons. The Labute approximate surface area is 131 Å². The molecule has 108 valence electrons. The summed E-state index contributed by atoms with van der Waals surface area (Å²) < 4.78 is 0.719. The fourth-order valence-corrected chi connectivity index (χ4v) is 3.42. The van der Waals surface area contributed by atoms with Gasteiger partial charge < -0.3 is 5.73 Å². The second kappa shape index (κ2) is 5.58. The third-order valence-corrected chi connectivity index (χ3v) is 4.62. The molecule has 0 saturated carbocycles. The first-order valence-electron chi connectivity index (χ1n) is 6.82. The van der Waals surface area contributed by atoms with E-state index in [0.717, 1.165) is 16.5 Å². The Hall–Kier alpha value is -1.72. The summed E-state index contributed by atoms with van der Waals surface area (Å²) in [5, 5.41) is 11.2. The number of rotatable bonds is 3. The number of hydrogen-bond acceptors (Lipinski definition) is 3. The van der Waals surface area contributed by atoms with Gasteiger partial charge in [0.05, 0.1) is 4.92 Å². The van der Waals surface area contributed by atoms with Crippen molar-refractivity contribution in [3.05, 3.63) is 73.7 Å². The van der Waals surface area contributed by atoms with Gasteiger partial charge in [0.2, 0.25) is 0 Å². The molecule has 4 nitrogen and oxygen atoms in total. The highest BCUT2D eigenvalue weighted by Gasteiger charge is 2.31. The number of hydrogen-bond donors (Lipinski definition) is 1. The molecule has 2 unspecified atom stereocenters. The molecule has 5 heteroatoms. The molecule has 0 saturated heterocycles. The van der Waals surface area contributed by atoms with Gasteiger partial charge in [0, 0.05) is 22.1 Å². The minimum absolute atomic E-state index is 0.0514. The van der Waals surface area contributed by atoms with E-state index in [-0.39, 0.29) is 22.6 Å². The van der Waals surface area contributed by atoms with E-state index in [2.05, 4.69) is 28.1 Å². The first-order valence-corrected chi connectivity index (χ1v) is 7.62. The number of nitrogens with two attached hydrogens (primary N) is 1. The molecule has 3 rings (SSSR count). The highest BCUT2D eigenvalue weighted by atomic mass is 79.9. The lowest BCUT2D eigenvalue weighted by atomic mass is 9.92. The zero-order valence-corrected chi connectivity index (χ0v) is 12.9. The normalized spacial score (nSPS) is 20.3. The van der Waals surface area contributed by atoms with Crippen LogP contribution in [0.2, 0.25) is 0 Å². The van der Waals surface area contributed by atoms with Gasteiger partial charge in [-0.1, -0.05) is 46.3 Å². The van der Waals surface area contributed by atoms with Crippen molar-refractivity contribution in [3.63, 3.8) is 0 Å². The lowest BCUT2D eigenvalue weighted by Gasteiger charge is -2.16. The first kappa shape index (κ1) is 14.2. The molecule has 0 aliphatic heterocycles. The predicted molar refractivity (Wildman–Crippen MR) is 85.1 cm³/mol. The minimum atomic E-state index is -0.326. The molecule has 1 aliphatic rings. The summed E-state index contributed by atoms with van der Waals surface area (Å²) in [6.07, 6.45) is 1.50. The van der Waals surface area contributed by atoms with Crippen LogP contribution in [0.15, 0.2) is 46.9 Å². The van der Waals surface area contributed by atoms with Crippen LogP contribution in [-0.4, -0.2) is 4.92 Å². The van der Waals surface area contributed by atoms with Crippen LogP contribution >= 0.6 is 15.9 Å². The Kier molecular flexibility index (Phi) is 3.78. The second-order valence-corrected chi connectivity index (χ2v) is 6.34. The monoisotopic (exact) mass is 346 g/mol. The molecule has 0 spiro atoms. The lowest BCUT2D eigenvalue weighted by molar-refractivity contribution is -0.385. The van der Waals surface area contributed by atoms with Crippen LogP contribution in [-0.2, 0) is 12.8 Å². The Balaban J connectivity index is 1.88. The molecule has 2 aromatic carbocycles. The highest BCUT2D eigenvalue weighted by molar-refractivity contribution is 9.10. The lowest BCUT2D eigenvalue weighted by Crippen LogP contribution is -2.19. The van der Waals surface area contributed by atoms with Crippen molar-refractivity contribution in [1.82, 2.24) is 0 Å². The number of nitro groups is 1. The number of nitro benzene ring substituents is 1. The number of benzene rings is 2. The molecule has 2 aromatic rings. The molecule has 1 aliphatic carbocycles. The van der Waals surface area contributed by atoms with Gasteiger partial charge in [-0.15, -0.1) is 0 Å². The van der Waals surface area contributed by atoms with Crippen LogP contribution in [0, 0.1) is 16.0 Å². The van der Waals surface area contributed by atoms with E-state index in [1.54, 1.807) is 6.07 Å². The third kappa shape index (κ3) is 2.71. The highest BCUT2D eigenvalue weighted by Crippen LogP contribution is 2.37. The van der Waals surface area contributed by atoms with E-state index in [0.29, 0.717) is 6.42 Å². The molecule has 21 heavy (non-hydrogen) atoms. The zero-order chi connectivity index (χ0) is 15.0. The Morgan fingerprint density at radius 2 is 2.05 bits per heavy atom. The van der Waals surface area contributed by atoms with E-state index in [1.165, 1.54) is 11.1 Å². The predicted octanol–water partition coefficient (Wildman–Crippen LogP) is 3.77. The summed E-state index contributed by atoms with van der Waals surface area (Å²) >= 11 is 3.28. The third-order valence-electron chi connectivity index (χ3n) is 4.13. The number of fused-ring (bicyclic) bond motifs is 1. The standard InChI is InChI=1S/C16H15BrN2O2/c17-13-6-5-11(15(9-13)19(20)21)8-12-7-10-3-1-2-4-14(10)16(12)18/h1-6,9,12,16H,7-8,18H2. The molecule has 0 aromatic heterocycles. The van der Waals surface area contributed by atoms with Gasteiger partial charge in [0.15, 0.2) is 0 Å². The fraction of sp³-hybridized carbons (Fsp3) is 0.250. The summed E-state index contributed by atoms with van der Waals surface area (Å²) in [5.41, 5.74) is 9.65. The molecule has 0 bridgehead atoms. The zero-order valence-electron chi connectivity index (χ0n) is 11.3. The maximum Gasteiger partial charge on any atom is 0.273 e. The smallest absolute Gasteiger partial charge is 0.273 e. The van der Waals surface area contributed by atoms with E-state index < -0.39 is 0 Å². The average molecular weight is 347 g/mol. The minimum Gasteiger partial charge on any atom is -0.324 e. The molecule has 0 heterocycles. The molecule has 0 amide bonds. The van der Waals surface area contributed by atoms with Crippen molar-refractivity contribution < 1.29 is 4.92 Å². The molecule has 2 atom stereocenters. The van der Waals surface area contributed by atoms with Gasteiger partial charge in [-0.05, 0) is 36.0 Å². The Morgan fingerprint density at radius 3 is 2.76 bits per heavy atom. The van der Waals surface area contributed by atoms with Crippen molar-refractivity contribution in [1.29, 1.82) is 0 Å². The van der Waals surface area contributed by atoms with E-state index >= 15 is 0 Å². The van der Waals surface area contributed by atoms with Crippen molar-refractivity contribution in [2.24, 2.45) is 11.7 Å². The number of nitrogens with zero attached hydrogens (tertiary/aromatic N) is 1. The molecular weight excluding hydrogens is 332 g/mol. The average Bonchev–Trinajstić information content (AvgIpc) is 2.78. The Bertz CT molecular complexity index is 702. The maximum absolute atomic E-state index is 11.2. The number of halogens is 1. The van der Waals surface area contributed by atoms with Crippen molar-refractivity contribution in [2.75, 3.05) is 0 Å². The van der Waals surface area contributed by atoms with Gasteiger partial charge >= 0.3 is 0 Å². The molecule has 2 N–H and O–H groups in total. The quantitative estimate of drug-likeness (QED) is 0.679. The van der Waals surface area contributed by atoms with Crippen molar-refractivity contribution >= 4 is 21.6 Å². The summed E-state index contributed by atoms with van der Waals surface area (Å²) in [4.78, 5) is 10.9. The van der Waals surface area contributed by atoms with Gasteiger partial charge in [-0.25, -0.2) is 0 Å². The maximum atomic E-state index is 11.2. The van der Waals surface area contributed by atoms with Gasteiger partial charge in [0.1, 0.15) is 0 Å². The second-order valence-electron chi connectivity index (χ2n) is 5.42. The van der Waals surface area contributed by atoms with Crippen LogP contribution < -0.4 is 5.73 Å². The van der Waals surface area contributed by atoms with Crippen LogP contribution in [0.25, 0.3) is 0 Å². The SMILES string of the molecule is NC1c2ccccc2CC1Cc1ccc(Br)cc1[N+](=O)[O-]. The van der Waals surface area contributed by atoms with Crippen LogP contribution in [0.4, 0.5) is 5.69 Å². The Morgan fingerprint density at radius 1 is 1.29 bits per heavy atom. The summed E-state index contributed by atoms with van der Waals surface area (Å²) in [7, 11) is 0. The topological polar surface area (TPSA) is 69.2 Å². The summed E-state index contributed by atoms with van der Waals surface area (Å²) in [6, 6.07) is 13.3.